The molecule has 1 aromatic rings. The number of nitrogens with zero attached hydrogens (tertiary/aromatic N) is 1. The van der Waals surface area contributed by atoms with Gasteiger partial charge in [0.15, 0.2) is 0 Å². The standard InChI is InChI=1S/C15H25NO5S3/c1-5-6-7-14(12-16(3,4)24(19,20)21)22-23(17,18)15-10-8-13(2)9-11-15/h8-11,14H,5-7,12H2,1-4H3/p+1. The average Bonchev–Trinajstić information content (AvgIpc) is 2.43. The largest absolute Gasteiger partial charge is 0.432 e. The van der Waals surface area contributed by atoms with Gasteiger partial charge in [0.25, 0.3) is 0 Å². The van der Waals surface area contributed by atoms with Gasteiger partial charge in [0.2, 0.25) is 8.87 Å². The molecule has 9 heteroatoms. The molecule has 1 unspecified atom stereocenters. The van der Waals surface area contributed by atoms with Crippen LogP contribution < -0.4 is 0 Å². The second-order valence-corrected chi connectivity index (χ2v) is 12.3. The number of unbranched alkanes of at least 4 members (excludes halogenated alkanes) is 1. The Labute approximate surface area is 149 Å². The molecule has 0 spiro atoms. The molecule has 0 aliphatic rings. The lowest BCUT2D eigenvalue weighted by atomic mass is 10.2. The molecule has 0 saturated carbocycles. The van der Waals surface area contributed by atoms with E-state index in [0.717, 1.165) is 29.2 Å². The van der Waals surface area contributed by atoms with Crippen molar-refractivity contribution in [1.29, 1.82) is 0 Å². The third-order valence-corrected chi connectivity index (χ3v) is 9.03. The topological polar surface area (TPSA) is 88.5 Å². The van der Waals surface area contributed by atoms with Gasteiger partial charge in [-0.05, 0) is 36.3 Å². The number of quaternary nitrogens is 1. The van der Waals surface area contributed by atoms with Crippen LogP contribution in [0.2, 0.25) is 0 Å². The third-order valence-electron chi connectivity index (χ3n) is 3.72. The van der Waals surface area contributed by atoms with Crippen LogP contribution in [0.1, 0.15) is 31.7 Å². The maximum atomic E-state index is 12.6. The Morgan fingerprint density at radius 1 is 1.12 bits per heavy atom. The molecular formula is C15H26NO5S3+. The van der Waals surface area contributed by atoms with Crippen LogP contribution in [0.3, 0.4) is 0 Å². The highest BCUT2D eigenvalue weighted by molar-refractivity contribution is 8.72. The summed E-state index contributed by atoms with van der Waals surface area (Å²) in [5, 5.41) is -0.437. The highest BCUT2D eigenvalue weighted by Crippen LogP contribution is 2.32. The first-order chi connectivity index (χ1) is 10.9. The van der Waals surface area contributed by atoms with Gasteiger partial charge in [-0.2, -0.15) is 3.89 Å². The zero-order valence-electron chi connectivity index (χ0n) is 14.5. The van der Waals surface area contributed by atoms with E-state index in [2.05, 4.69) is 0 Å². The molecule has 1 atom stereocenters. The highest BCUT2D eigenvalue weighted by atomic mass is 33.1. The maximum Gasteiger partial charge on any atom is 0.432 e. The van der Waals surface area contributed by atoms with Crippen molar-refractivity contribution in [2.75, 3.05) is 20.6 Å². The lowest BCUT2D eigenvalue weighted by Crippen LogP contribution is -2.49. The van der Waals surface area contributed by atoms with Gasteiger partial charge < -0.3 is 0 Å². The van der Waals surface area contributed by atoms with Crippen LogP contribution in [0.15, 0.2) is 29.2 Å². The molecule has 1 N–H and O–H groups in total. The summed E-state index contributed by atoms with van der Waals surface area (Å²) in [6.45, 7) is 3.87. The van der Waals surface area contributed by atoms with Crippen molar-refractivity contribution >= 4 is 30.0 Å². The van der Waals surface area contributed by atoms with E-state index >= 15 is 0 Å². The minimum Gasteiger partial charge on any atom is -0.241 e. The van der Waals surface area contributed by atoms with E-state index < -0.39 is 28.3 Å². The fraction of sp³-hybridized carbons (Fsp3) is 0.600. The number of hydrogen-bond acceptors (Lipinski definition) is 5. The first-order valence-electron chi connectivity index (χ1n) is 7.69. The van der Waals surface area contributed by atoms with E-state index in [1.807, 2.05) is 13.8 Å². The quantitative estimate of drug-likeness (QED) is 0.392. The second kappa shape index (κ2) is 8.18. The van der Waals surface area contributed by atoms with E-state index in [9.17, 15) is 21.4 Å². The number of hydrogen-bond donors (Lipinski definition) is 1. The van der Waals surface area contributed by atoms with Crippen molar-refractivity contribution in [3.63, 3.8) is 0 Å². The number of rotatable bonds is 9. The van der Waals surface area contributed by atoms with Gasteiger partial charge in [-0.25, -0.2) is 13.0 Å². The molecule has 0 amide bonds. The summed E-state index contributed by atoms with van der Waals surface area (Å²) in [4.78, 5) is 0.205. The molecule has 1 aromatic carbocycles. The summed E-state index contributed by atoms with van der Waals surface area (Å²) < 4.78 is 56.9. The van der Waals surface area contributed by atoms with Crippen LogP contribution in [0.5, 0.6) is 0 Å². The van der Waals surface area contributed by atoms with Crippen LogP contribution in [0, 0.1) is 6.92 Å². The summed E-state index contributed by atoms with van der Waals surface area (Å²) in [5.74, 6) is 0. The van der Waals surface area contributed by atoms with Gasteiger partial charge in [0, 0.05) is 0 Å². The van der Waals surface area contributed by atoms with Crippen molar-refractivity contribution in [1.82, 2.24) is 0 Å². The van der Waals surface area contributed by atoms with Gasteiger partial charge in [-0.3, -0.25) is 0 Å². The van der Waals surface area contributed by atoms with Gasteiger partial charge in [-0.1, -0.05) is 37.5 Å². The monoisotopic (exact) mass is 396 g/mol. The zero-order valence-corrected chi connectivity index (χ0v) is 16.9. The van der Waals surface area contributed by atoms with Crippen molar-refractivity contribution in [3.05, 3.63) is 29.8 Å². The summed E-state index contributed by atoms with van der Waals surface area (Å²) in [6.07, 6.45) is 2.22. The fourth-order valence-corrected chi connectivity index (χ4v) is 6.44. The van der Waals surface area contributed by atoms with E-state index in [1.165, 1.54) is 14.1 Å². The fourth-order valence-electron chi connectivity index (χ4n) is 2.13. The lowest BCUT2D eigenvalue weighted by molar-refractivity contribution is -0.766. The molecule has 0 aromatic heterocycles. The Hall–Kier alpha value is -0.610. The summed E-state index contributed by atoms with van der Waals surface area (Å²) >= 11 is 0. The maximum absolute atomic E-state index is 12.6. The molecular weight excluding hydrogens is 370 g/mol. The average molecular weight is 397 g/mol. The van der Waals surface area contributed by atoms with E-state index in [1.54, 1.807) is 24.3 Å². The van der Waals surface area contributed by atoms with Crippen molar-refractivity contribution < 1.29 is 25.3 Å². The molecule has 1 rings (SSSR count). The minimum atomic E-state index is -4.32. The molecule has 0 aliphatic carbocycles. The Morgan fingerprint density at radius 2 is 1.67 bits per heavy atom. The van der Waals surface area contributed by atoms with Crippen molar-refractivity contribution in [3.8, 4) is 0 Å². The first kappa shape index (κ1) is 21.4. The van der Waals surface area contributed by atoms with E-state index in [4.69, 9.17) is 0 Å². The van der Waals surface area contributed by atoms with Gasteiger partial charge >= 0.3 is 10.3 Å². The molecule has 6 nitrogen and oxygen atoms in total. The lowest BCUT2D eigenvalue weighted by Gasteiger charge is -2.28. The molecule has 0 aliphatic heterocycles. The summed E-state index contributed by atoms with van der Waals surface area (Å²) in [6, 6.07) is 6.56. The van der Waals surface area contributed by atoms with Gasteiger partial charge in [-0.15, -0.1) is 8.42 Å². The van der Waals surface area contributed by atoms with Crippen LogP contribution in [0.25, 0.3) is 0 Å². The van der Waals surface area contributed by atoms with Gasteiger partial charge in [0.1, 0.15) is 6.54 Å². The highest BCUT2D eigenvalue weighted by Gasteiger charge is 2.36. The Balaban J connectivity index is 3.02. The molecule has 0 saturated heterocycles. The van der Waals surface area contributed by atoms with Crippen LogP contribution in [0.4, 0.5) is 0 Å². The van der Waals surface area contributed by atoms with Crippen LogP contribution >= 0.6 is 10.8 Å². The molecule has 0 bridgehead atoms. The predicted octanol–water partition coefficient (Wildman–Crippen LogP) is 2.85. The number of aryl methyl sites for hydroxylation is 1. The SMILES string of the molecule is CCCCC(C[N+](C)(C)S(=O)(=O)O)SS(=O)(=O)c1ccc(C)cc1. The second-order valence-electron chi connectivity index (χ2n) is 6.33. The van der Waals surface area contributed by atoms with Crippen LogP contribution in [-0.4, -0.2) is 51.2 Å². The Kier molecular flexibility index (Phi) is 7.30. The summed E-state index contributed by atoms with van der Waals surface area (Å²) in [5.41, 5.74) is 0.964. The van der Waals surface area contributed by atoms with Crippen molar-refractivity contribution in [2.24, 2.45) is 0 Å². The Bertz CT molecular complexity index is 740. The molecule has 0 fully saturated rings. The number of benzene rings is 1. The molecule has 138 valence electrons. The van der Waals surface area contributed by atoms with Gasteiger partial charge in [0.05, 0.1) is 24.2 Å². The third kappa shape index (κ3) is 6.03. The first-order valence-corrected chi connectivity index (χ1v) is 12.0. The predicted molar refractivity (Wildman–Crippen MR) is 97.8 cm³/mol. The molecule has 24 heavy (non-hydrogen) atoms. The van der Waals surface area contributed by atoms with Crippen LogP contribution in [-0.2, 0) is 19.2 Å². The smallest absolute Gasteiger partial charge is 0.241 e. The van der Waals surface area contributed by atoms with E-state index in [0.29, 0.717) is 6.42 Å². The zero-order chi connectivity index (χ0) is 18.6. The Morgan fingerprint density at radius 3 is 2.12 bits per heavy atom. The molecule has 0 radical (unpaired) electrons. The minimum absolute atomic E-state index is 0.00852. The molecule has 0 heterocycles. The normalized spacial score (nSPS) is 14.5. The summed E-state index contributed by atoms with van der Waals surface area (Å²) in [7, 11) is -4.43. The van der Waals surface area contributed by atoms with Crippen molar-refractivity contribution in [2.45, 2.75) is 43.3 Å². The van der Waals surface area contributed by atoms with E-state index in [-0.39, 0.29) is 11.4 Å².